The van der Waals surface area contributed by atoms with E-state index in [4.69, 9.17) is 9.47 Å². The van der Waals surface area contributed by atoms with Crippen molar-refractivity contribution >= 4 is 0 Å². The summed E-state index contributed by atoms with van der Waals surface area (Å²) in [6, 6.07) is 0.628. The fourth-order valence-electron chi connectivity index (χ4n) is 2.56. The SMILES string of the molecule is CCCNC(CCC(C)(C)OC)C1CCOCC1. The van der Waals surface area contributed by atoms with Crippen LogP contribution in [0.2, 0.25) is 0 Å². The van der Waals surface area contributed by atoms with Gasteiger partial charge in [-0.3, -0.25) is 0 Å². The molecule has 3 heteroatoms. The Balaban J connectivity index is 2.43. The molecule has 1 saturated heterocycles. The molecule has 1 aliphatic heterocycles. The smallest absolute Gasteiger partial charge is 0.0623 e. The van der Waals surface area contributed by atoms with Gasteiger partial charge in [0.25, 0.3) is 0 Å². The highest BCUT2D eigenvalue weighted by Gasteiger charge is 2.26. The Hall–Kier alpha value is -0.120. The van der Waals surface area contributed by atoms with E-state index in [-0.39, 0.29) is 5.60 Å². The second kappa shape index (κ2) is 8.13. The molecule has 0 aromatic rings. The molecule has 0 spiro atoms. The van der Waals surface area contributed by atoms with Gasteiger partial charge in [0.1, 0.15) is 0 Å². The fourth-order valence-corrected chi connectivity index (χ4v) is 2.56. The molecule has 3 nitrogen and oxygen atoms in total. The molecule has 0 aromatic carbocycles. The molecule has 18 heavy (non-hydrogen) atoms. The summed E-state index contributed by atoms with van der Waals surface area (Å²) in [4.78, 5) is 0. The molecule has 108 valence electrons. The lowest BCUT2D eigenvalue weighted by Crippen LogP contribution is -2.41. The van der Waals surface area contributed by atoms with E-state index < -0.39 is 0 Å². The molecule has 1 unspecified atom stereocenters. The van der Waals surface area contributed by atoms with Crippen molar-refractivity contribution in [2.24, 2.45) is 5.92 Å². The van der Waals surface area contributed by atoms with Crippen LogP contribution in [0.4, 0.5) is 0 Å². The maximum Gasteiger partial charge on any atom is 0.0623 e. The lowest BCUT2D eigenvalue weighted by molar-refractivity contribution is 0.00537. The van der Waals surface area contributed by atoms with E-state index in [1.54, 1.807) is 0 Å². The average molecular weight is 257 g/mol. The predicted molar refractivity (Wildman–Crippen MR) is 75.9 cm³/mol. The maximum absolute atomic E-state index is 5.53. The Morgan fingerprint density at radius 2 is 2.00 bits per heavy atom. The number of hydrogen-bond donors (Lipinski definition) is 1. The fraction of sp³-hybridized carbons (Fsp3) is 1.00. The third kappa shape index (κ3) is 5.68. The van der Waals surface area contributed by atoms with Gasteiger partial charge in [0, 0.05) is 26.4 Å². The molecule has 1 aliphatic rings. The Morgan fingerprint density at radius 3 is 2.56 bits per heavy atom. The maximum atomic E-state index is 5.53. The van der Waals surface area contributed by atoms with E-state index in [2.05, 4.69) is 26.1 Å². The summed E-state index contributed by atoms with van der Waals surface area (Å²) >= 11 is 0. The van der Waals surface area contributed by atoms with Crippen LogP contribution in [0, 0.1) is 5.92 Å². The predicted octanol–water partition coefficient (Wildman–Crippen LogP) is 2.99. The Labute approximate surface area is 113 Å². The van der Waals surface area contributed by atoms with E-state index in [0.717, 1.165) is 32.1 Å². The molecule has 0 radical (unpaired) electrons. The second-order valence-corrected chi connectivity index (χ2v) is 6.01. The van der Waals surface area contributed by atoms with Gasteiger partial charge in [-0.1, -0.05) is 6.92 Å². The number of rotatable bonds is 8. The standard InChI is InChI=1S/C15H31NO2/c1-5-10-16-14(6-9-15(2,3)17-4)13-7-11-18-12-8-13/h13-14,16H,5-12H2,1-4H3. The van der Waals surface area contributed by atoms with E-state index in [9.17, 15) is 0 Å². The van der Waals surface area contributed by atoms with Crippen LogP contribution in [0.25, 0.3) is 0 Å². The highest BCUT2D eigenvalue weighted by atomic mass is 16.5. The lowest BCUT2D eigenvalue weighted by Gasteiger charge is -2.33. The Bertz CT molecular complexity index is 213. The van der Waals surface area contributed by atoms with Gasteiger partial charge in [-0.2, -0.15) is 0 Å². The minimum Gasteiger partial charge on any atom is -0.381 e. The quantitative estimate of drug-likeness (QED) is 0.725. The van der Waals surface area contributed by atoms with Gasteiger partial charge in [-0.05, 0) is 58.4 Å². The normalized spacial score (nSPS) is 20.0. The number of hydrogen-bond acceptors (Lipinski definition) is 3. The van der Waals surface area contributed by atoms with Gasteiger partial charge >= 0.3 is 0 Å². The van der Waals surface area contributed by atoms with E-state index >= 15 is 0 Å². The zero-order valence-corrected chi connectivity index (χ0v) is 12.6. The number of methoxy groups -OCH3 is 1. The average Bonchev–Trinajstić information content (AvgIpc) is 2.40. The van der Waals surface area contributed by atoms with Crippen molar-refractivity contribution in [2.75, 3.05) is 26.9 Å². The molecule has 1 fully saturated rings. The zero-order valence-electron chi connectivity index (χ0n) is 12.6. The second-order valence-electron chi connectivity index (χ2n) is 6.01. The summed E-state index contributed by atoms with van der Waals surface area (Å²) in [7, 11) is 1.81. The van der Waals surface area contributed by atoms with E-state index in [0.29, 0.717) is 6.04 Å². The highest BCUT2D eigenvalue weighted by molar-refractivity contribution is 4.81. The van der Waals surface area contributed by atoms with Crippen molar-refractivity contribution in [3.05, 3.63) is 0 Å². The van der Waals surface area contributed by atoms with Gasteiger partial charge in [0.15, 0.2) is 0 Å². The first kappa shape index (κ1) is 15.9. The minimum absolute atomic E-state index is 0.00267. The summed E-state index contributed by atoms with van der Waals surface area (Å²) in [6.07, 6.45) is 5.92. The van der Waals surface area contributed by atoms with Gasteiger partial charge in [-0.25, -0.2) is 0 Å². The lowest BCUT2D eigenvalue weighted by atomic mass is 9.86. The topological polar surface area (TPSA) is 30.5 Å². The van der Waals surface area contributed by atoms with Crippen LogP contribution >= 0.6 is 0 Å². The van der Waals surface area contributed by atoms with Crippen molar-refractivity contribution in [2.45, 2.75) is 64.5 Å². The largest absolute Gasteiger partial charge is 0.381 e. The van der Waals surface area contributed by atoms with Gasteiger partial charge in [-0.15, -0.1) is 0 Å². The van der Waals surface area contributed by atoms with Crippen molar-refractivity contribution < 1.29 is 9.47 Å². The van der Waals surface area contributed by atoms with Crippen LogP contribution in [-0.2, 0) is 9.47 Å². The van der Waals surface area contributed by atoms with Crippen LogP contribution in [0.3, 0.4) is 0 Å². The summed E-state index contributed by atoms with van der Waals surface area (Å²) < 4.78 is 11.0. The first-order chi connectivity index (χ1) is 8.59. The van der Waals surface area contributed by atoms with Gasteiger partial charge < -0.3 is 14.8 Å². The molecular formula is C15H31NO2. The van der Waals surface area contributed by atoms with Crippen molar-refractivity contribution in [1.29, 1.82) is 0 Å². The number of nitrogens with one attached hydrogen (secondary N) is 1. The first-order valence-corrected chi connectivity index (χ1v) is 7.45. The van der Waals surface area contributed by atoms with Gasteiger partial charge in [0.2, 0.25) is 0 Å². The van der Waals surface area contributed by atoms with Gasteiger partial charge in [0.05, 0.1) is 5.60 Å². The molecule has 0 saturated carbocycles. The molecule has 0 aromatic heterocycles. The van der Waals surface area contributed by atoms with Crippen molar-refractivity contribution in [1.82, 2.24) is 5.32 Å². The molecule has 0 amide bonds. The zero-order chi connectivity index (χ0) is 13.4. The highest BCUT2D eigenvalue weighted by Crippen LogP contribution is 2.25. The van der Waals surface area contributed by atoms with Crippen LogP contribution in [0.15, 0.2) is 0 Å². The molecule has 0 bridgehead atoms. The van der Waals surface area contributed by atoms with Crippen LogP contribution in [0.1, 0.15) is 52.9 Å². The van der Waals surface area contributed by atoms with E-state index in [1.807, 2.05) is 7.11 Å². The monoisotopic (exact) mass is 257 g/mol. The van der Waals surface area contributed by atoms with Crippen LogP contribution in [0.5, 0.6) is 0 Å². The van der Waals surface area contributed by atoms with Crippen LogP contribution < -0.4 is 5.32 Å². The Morgan fingerprint density at radius 1 is 1.33 bits per heavy atom. The minimum atomic E-state index is -0.00267. The van der Waals surface area contributed by atoms with Crippen molar-refractivity contribution in [3.63, 3.8) is 0 Å². The summed E-state index contributed by atoms with van der Waals surface area (Å²) in [5, 5.41) is 3.72. The molecule has 1 N–H and O–H groups in total. The molecule has 1 atom stereocenters. The Kier molecular flexibility index (Phi) is 7.20. The number of ether oxygens (including phenoxy) is 2. The van der Waals surface area contributed by atoms with Crippen LogP contribution in [-0.4, -0.2) is 38.5 Å². The molecular weight excluding hydrogens is 226 g/mol. The third-order valence-electron chi connectivity index (χ3n) is 4.10. The summed E-state index contributed by atoms with van der Waals surface area (Å²) in [6.45, 7) is 9.57. The first-order valence-electron chi connectivity index (χ1n) is 7.45. The third-order valence-corrected chi connectivity index (χ3v) is 4.10. The van der Waals surface area contributed by atoms with Crippen molar-refractivity contribution in [3.8, 4) is 0 Å². The molecule has 0 aliphatic carbocycles. The van der Waals surface area contributed by atoms with E-state index in [1.165, 1.54) is 25.7 Å². The summed E-state index contributed by atoms with van der Waals surface area (Å²) in [5.74, 6) is 0.776. The molecule has 1 rings (SSSR count). The summed E-state index contributed by atoms with van der Waals surface area (Å²) in [5.41, 5.74) is -0.00267. The molecule has 1 heterocycles.